The lowest BCUT2D eigenvalue weighted by molar-refractivity contribution is -0.137. The number of carboxylic acids is 1. The van der Waals surface area contributed by atoms with E-state index in [1.807, 2.05) is 6.20 Å². The minimum absolute atomic E-state index is 0.312. The minimum atomic E-state index is -0.682. The number of carbonyl (C=O) groups is 1. The fourth-order valence-corrected chi connectivity index (χ4v) is 1.93. The van der Waals surface area contributed by atoms with Crippen molar-refractivity contribution in [3.63, 3.8) is 0 Å². The molecule has 1 aromatic heterocycles. The van der Waals surface area contributed by atoms with Gasteiger partial charge in [-0.05, 0) is 19.3 Å². The van der Waals surface area contributed by atoms with Crippen molar-refractivity contribution in [1.82, 2.24) is 9.97 Å². The SMILES string of the molecule is O=C(O)CCCCCCCCCc1cnccn1. The number of aliphatic carboxylic acids is 1. The zero-order valence-corrected chi connectivity index (χ0v) is 10.8. The Morgan fingerprint density at radius 3 is 2.28 bits per heavy atom. The normalized spacial score (nSPS) is 10.4. The molecule has 0 radical (unpaired) electrons. The van der Waals surface area contributed by atoms with E-state index in [1.54, 1.807) is 12.4 Å². The summed E-state index contributed by atoms with van der Waals surface area (Å²) in [6.45, 7) is 0. The summed E-state index contributed by atoms with van der Waals surface area (Å²) in [5, 5.41) is 8.48. The van der Waals surface area contributed by atoms with Gasteiger partial charge in [-0.15, -0.1) is 0 Å². The molecule has 1 N–H and O–H groups in total. The van der Waals surface area contributed by atoms with Crippen LogP contribution in [0.5, 0.6) is 0 Å². The molecule has 0 fully saturated rings. The summed E-state index contributed by atoms with van der Waals surface area (Å²) in [6.07, 6.45) is 14.4. The van der Waals surface area contributed by atoms with Crippen LogP contribution >= 0.6 is 0 Å². The molecule has 0 saturated carbocycles. The maximum absolute atomic E-state index is 10.3. The van der Waals surface area contributed by atoms with Gasteiger partial charge in [0.25, 0.3) is 0 Å². The van der Waals surface area contributed by atoms with Crippen molar-refractivity contribution in [2.75, 3.05) is 0 Å². The Kier molecular flexibility index (Phi) is 7.77. The molecule has 0 aliphatic rings. The average Bonchev–Trinajstić information content (AvgIpc) is 2.37. The van der Waals surface area contributed by atoms with Crippen LogP contribution in [0.2, 0.25) is 0 Å². The van der Waals surface area contributed by atoms with Gasteiger partial charge in [-0.2, -0.15) is 0 Å². The molecular formula is C14H22N2O2. The van der Waals surface area contributed by atoms with E-state index >= 15 is 0 Å². The smallest absolute Gasteiger partial charge is 0.303 e. The Balaban J connectivity index is 1.86. The van der Waals surface area contributed by atoms with E-state index in [1.165, 1.54) is 19.3 Å². The van der Waals surface area contributed by atoms with Crippen molar-refractivity contribution < 1.29 is 9.90 Å². The van der Waals surface area contributed by atoms with Crippen molar-refractivity contribution in [3.8, 4) is 0 Å². The summed E-state index contributed by atoms with van der Waals surface area (Å²) in [5.41, 5.74) is 1.07. The van der Waals surface area contributed by atoms with Gasteiger partial charge in [-0.3, -0.25) is 14.8 Å². The van der Waals surface area contributed by atoms with Gasteiger partial charge in [-0.25, -0.2) is 0 Å². The van der Waals surface area contributed by atoms with Crippen LogP contribution in [0.25, 0.3) is 0 Å². The molecule has 1 rings (SSSR count). The van der Waals surface area contributed by atoms with Crippen LogP contribution < -0.4 is 0 Å². The van der Waals surface area contributed by atoms with Gasteiger partial charge in [0.15, 0.2) is 0 Å². The second-order valence-corrected chi connectivity index (χ2v) is 4.57. The summed E-state index contributed by atoms with van der Waals surface area (Å²) in [6, 6.07) is 0. The van der Waals surface area contributed by atoms with Crippen LogP contribution in [-0.4, -0.2) is 21.0 Å². The molecule has 0 atom stereocenters. The molecule has 4 nitrogen and oxygen atoms in total. The monoisotopic (exact) mass is 250 g/mol. The number of hydrogen-bond acceptors (Lipinski definition) is 3. The number of aryl methyl sites for hydroxylation is 1. The number of carboxylic acid groups (broad SMARTS) is 1. The molecule has 0 unspecified atom stereocenters. The highest BCUT2D eigenvalue weighted by Gasteiger charge is 1.97. The van der Waals surface area contributed by atoms with Gasteiger partial charge in [0.1, 0.15) is 0 Å². The molecule has 0 amide bonds. The fraction of sp³-hybridized carbons (Fsp3) is 0.643. The van der Waals surface area contributed by atoms with Crippen LogP contribution in [0.15, 0.2) is 18.6 Å². The lowest BCUT2D eigenvalue weighted by atomic mass is 10.1. The van der Waals surface area contributed by atoms with E-state index in [2.05, 4.69) is 9.97 Å². The van der Waals surface area contributed by atoms with Gasteiger partial charge in [0.05, 0.1) is 5.69 Å². The molecule has 0 spiro atoms. The average molecular weight is 250 g/mol. The van der Waals surface area contributed by atoms with Gasteiger partial charge in [-0.1, -0.05) is 32.1 Å². The molecule has 0 saturated heterocycles. The minimum Gasteiger partial charge on any atom is -0.481 e. The number of rotatable bonds is 10. The molecule has 18 heavy (non-hydrogen) atoms. The quantitative estimate of drug-likeness (QED) is 0.647. The number of hydrogen-bond donors (Lipinski definition) is 1. The first-order valence-corrected chi connectivity index (χ1v) is 6.76. The van der Waals surface area contributed by atoms with Gasteiger partial charge in [0.2, 0.25) is 0 Å². The Morgan fingerprint density at radius 2 is 1.67 bits per heavy atom. The predicted molar refractivity (Wildman–Crippen MR) is 70.3 cm³/mol. The lowest BCUT2D eigenvalue weighted by Gasteiger charge is -2.01. The topological polar surface area (TPSA) is 63.1 Å². The van der Waals surface area contributed by atoms with Gasteiger partial charge < -0.3 is 5.11 Å². The first-order valence-electron chi connectivity index (χ1n) is 6.76. The van der Waals surface area contributed by atoms with Crippen molar-refractivity contribution in [2.45, 2.75) is 57.8 Å². The Morgan fingerprint density at radius 1 is 1.00 bits per heavy atom. The van der Waals surface area contributed by atoms with Crippen molar-refractivity contribution >= 4 is 5.97 Å². The fourth-order valence-electron chi connectivity index (χ4n) is 1.93. The third kappa shape index (κ3) is 7.76. The summed E-state index contributed by atoms with van der Waals surface area (Å²) in [5.74, 6) is -0.682. The molecule has 0 aromatic carbocycles. The molecule has 100 valence electrons. The second-order valence-electron chi connectivity index (χ2n) is 4.57. The summed E-state index contributed by atoms with van der Waals surface area (Å²) in [4.78, 5) is 18.6. The molecule has 1 heterocycles. The van der Waals surface area contributed by atoms with E-state index in [-0.39, 0.29) is 0 Å². The third-order valence-corrected chi connectivity index (χ3v) is 2.94. The lowest BCUT2D eigenvalue weighted by Crippen LogP contribution is -1.93. The molecule has 4 heteroatoms. The predicted octanol–water partition coefficient (Wildman–Crippen LogP) is 3.22. The molecule has 0 aliphatic heterocycles. The van der Waals surface area contributed by atoms with Gasteiger partial charge in [0, 0.05) is 25.0 Å². The van der Waals surface area contributed by atoms with Crippen molar-refractivity contribution in [2.24, 2.45) is 0 Å². The Bertz CT molecular complexity index is 328. The molecule has 0 aliphatic carbocycles. The molecular weight excluding hydrogens is 228 g/mol. The van der Waals surface area contributed by atoms with Crippen molar-refractivity contribution in [3.05, 3.63) is 24.3 Å². The van der Waals surface area contributed by atoms with E-state index in [0.717, 1.165) is 37.8 Å². The van der Waals surface area contributed by atoms with E-state index in [0.29, 0.717) is 6.42 Å². The zero-order valence-electron chi connectivity index (χ0n) is 10.8. The largest absolute Gasteiger partial charge is 0.481 e. The Labute approximate surface area is 108 Å². The van der Waals surface area contributed by atoms with E-state index < -0.39 is 5.97 Å². The van der Waals surface area contributed by atoms with Crippen LogP contribution in [0, 0.1) is 0 Å². The van der Waals surface area contributed by atoms with Crippen LogP contribution in [-0.2, 0) is 11.2 Å². The Hall–Kier alpha value is -1.45. The standard InChI is InChI=1S/C14H22N2O2/c17-14(18)9-7-5-3-1-2-4-6-8-13-12-15-10-11-16-13/h10-12H,1-9H2,(H,17,18). The van der Waals surface area contributed by atoms with E-state index in [9.17, 15) is 4.79 Å². The first kappa shape index (κ1) is 14.6. The van der Waals surface area contributed by atoms with Gasteiger partial charge >= 0.3 is 5.97 Å². The third-order valence-electron chi connectivity index (χ3n) is 2.94. The second kappa shape index (κ2) is 9.57. The van der Waals surface area contributed by atoms with Crippen molar-refractivity contribution in [1.29, 1.82) is 0 Å². The highest BCUT2D eigenvalue weighted by atomic mass is 16.4. The maximum Gasteiger partial charge on any atom is 0.303 e. The highest BCUT2D eigenvalue weighted by Crippen LogP contribution is 2.10. The highest BCUT2D eigenvalue weighted by molar-refractivity contribution is 5.66. The number of unbranched alkanes of at least 4 members (excludes halogenated alkanes) is 6. The maximum atomic E-state index is 10.3. The number of aromatic nitrogens is 2. The molecule has 1 aromatic rings. The number of nitrogens with zero attached hydrogens (tertiary/aromatic N) is 2. The summed E-state index contributed by atoms with van der Waals surface area (Å²) < 4.78 is 0. The first-order chi connectivity index (χ1) is 8.79. The molecule has 0 bridgehead atoms. The van der Waals surface area contributed by atoms with Crippen LogP contribution in [0.1, 0.15) is 57.1 Å². The van der Waals surface area contributed by atoms with E-state index in [4.69, 9.17) is 5.11 Å². The zero-order chi connectivity index (χ0) is 13.1. The van der Waals surface area contributed by atoms with Crippen LogP contribution in [0.3, 0.4) is 0 Å². The summed E-state index contributed by atoms with van der Waals surface area (Å²) >= 11 is 0. The van der Waals surface area contributed by atoms with Crippen LogP contribution in [0.4, 0.5) is 0 Å². The summed E-state index contributed by atoms with van der Waals surface area (Å²) in [7, 11) is 0.